The van der Waals surface area contributed by atoms with Gasteiger partial charge in [-0.2, -0.15) is 0 Å². The number of likely N-dealkylation sites (tertiary alicyclic amines) is 2. The maximum absolute atomic E-state index is 11.3. The van der Waals surface area contributed by atoms with Gasteiger partial charge in [-0.1, -0.05) is 31.2 Å². The normalized spacial score (nSPS) is 20.9. The molecule has 0 saturated carbocycles. The monoisotopic (exact) mass is 541 g/mol. The summed E-state index contributed by atoms with van der Waals surface area (Å²) in [6.07, 6.45) is 5.24. The minimum absolute atomic E-state index is 0. The second-order valence-electron chi connectivity index (χ2n) is 9.07. The fourth-order valence-electron chi connectivity index (χ4n) is 4.53. The van der Waals surface area contributed by atoms with Crippen LogP contribution in [0.1, 0.15) is 57.1 Å². The molecule has 1 amide bonds. The highest BCUT2D eigenvalue weighted by Gasteiger charge is 2.23. The Balaban J connectivity index is 0.00000341. The van der Waals surface area contributed by atoms with Crippen molar-refractivity contribution in [2.75, 3.05) is 32.7 Å². The first-order valence-corrected chi connectivity index (χ1v) is 11.6. The molecule has 1 aromatic carbocycles. The molecule has 1 atom stereocenters. The summed E-state index contributed by atoms with van der Waals surface area (Å²) in [5.41, 5.74) is 8.02. The zero-order valence-corrected chi connectivity index (χ0v) is 21.5. The topological polar surface area (TPSA) is 74.0 Å². The summed E-state index contributed by atoms with van der Waals surface area (Å²) in [4.78, 5) is 21.0. The molecule has 3 N–H and O–H groups in total. The van der Waals surface area contributed by atoms with Gasteiger partial charge in [0.05, 0.1) is 6.54 Å². The van der Waals surface area contributed by atoms with Crippen LogP contribution in [0.3, 0.4) is 0 Å². The molecule has 2 saturated heterocycles. The quantitative estimate of drug-likeness (QED) is 0.315. The van der Waals surface area contributed by atoms with Crippen LogP contribution in [-0.4, -0.2) is 54.4 Å². The van der Waals surface area contributed by atoms with E-state index in [1.807, 2.05) is 0 Å². The van der Waals surface area contributed by atoms with Crippen LogP contribution in [0.4, 0.5) is 0 Å². The summed E-state index contributed by atoms with van der Waals surface area (Å²) >= 11 is 0. The Hall–Kier alpha value is -1.35. The average Bonchev–Trinajstić information content (AvgIpc) is 2.73. The van der Waals surface area contributed by atoms with Gasteiger partial charge >= 0.3 is 0 Å². The summed E-state index contributed by atoms with van der Waals surface area (Å²) < 4.78 is 0. The number of nitrogens with zero attached hydrogens (tertiary/aromatic N) is 3. The summed E-state index contributed by atoms with van der Waals surface area (Å²) in [7, 11) is 0. The molecule has 1 aromatic rings. The van der Waals surface area contributed by atoms with E-state index in [1.165, 1.54) is 37.1 Å². The first-order valence-electron chi connectivity index (χ1n) is 11.6. The van der Waals surface area contributed by atoms with Crippen LogP contribution in [0.2, 0.25) is 0 Å². The maximum Gasteiger partial charge on any atom is 0.217 e. The molecule has 7 heteroatoms. The zero-order chi connectivity index (χ0) is 21.3. The average molecular weight is 542 g/mol. The number of hydrogen-bond acceptors (Lipinski definition) is 3. The number of carbonyl (C=O) groups excluding carboxylic acids is 1. The molecular formula is C24H40IN5O. The second kappa shape index (κ2) is 13.3. The van der Waals surface area contributed by atoms with E-state index in [4.69, 9.17) is 10.7 Å². The van der Waals surface area contributed by atoms with Crippen LogP contribution in [0.25, 0.3) is 0 Å². The zero-order valence-electron chi connectivity index (χ0n) is 19.2. The second-order valence-corrected chi connectivity index (χ2v) is 9.07. The third-order valence-corrected chi connectivity index (χ3v) is 6.36. The molecule has 31 heavy (non-hydrogen) atoms. The standard InChI is InChI=1S/C24H39N5O.HI/c1-3-26-24(29-12-4-5-22(18-29)15-23(25)30)27-16-20-6-8-21(9-7-20)17-28-13-10-19(2)11-14-28;/h6-9,19,22H,3-5,10-18H2,1-2H3,(H2,25,30)(H,26,27);1H. The van der Waals surface area contributed by atoms with Crippen molar-refractivity contribution in [2.45, 2.75) is 59.0 Å². The lowest BCUT2D eigenvalue weighted by atomic mass is 9.95. The molecule has 2 aliphatic rings. The molecule has 3 rings (SSSR count). The molecule has 6 nitrogen and oxygen atoms in total. The predicted octanol–water partition coefficient (Wildman–Crippen LogP) is 3.59. The van der Waals surface area contributed by atoms with Gasteiger partial charge in [0.2, 0.25) is 5.91 Å². The SMILES string of the molecule is CCNC(=NCc1ccc(CN2CCC(C)CC2)cc1)N1CCCC(CC(N)=O)C1.I. The highest BCUT2D eigenvalue weighted by Crippen LogP contribution is 2.20. The maximum atomic E-state index is 11.3. The van der Waals surface area contributed by atoms with E-state index in [1.54, 1.807) is 0 Å². The summed E-state index contributed by atoms with van der Waals surface area (Å²) in [5.74, 6) is 1.94. The van der Waals surface area contributed by atoms with Gasteiger partial charge in [-0.05, 0) is 68.7 Å². The number of benzene rings is 1. The van der Waals surface area contributed by atoms with Crippen molar-refractivity contribution < 1.29 is 4.79 Å². The number of amides is 1. The van der Waals surface area contributed by atoms with E-state index in [0.29, 0.717) is 18.9 Å². The van der Waals surface area contributed by atoms with Crippen LogP contribution in [0.5, 0.6) is 0 Å². The molecule has 0 aliphatic carbocycles. The smallest absolute Gasteiger partial charge is 0.217 e. The number of hydrogen-bond donors (Lipinski definition) is 2. The molecule has 1 unspecified atom stereocenters. The number of aliphatic imine (C=N–C) groups is 1. The number of nitrogens with two attached hydrogens (primary N) is 1. The van der Waals surface area contributed by atoms with Crippen LogP contribution >= 0.6 is 24.0 Å². The lowest BCUT2D eigenvalue weighted by Gasteiger charge is -2.34. The Labute approximate surface area is 205 Å². The van der Waals surface area contributed by atoms with Crippen LogP contribution in [-0.2, 0) is 17.9 Å². The number of guanidine groups is 1. The molecule has 174 valence electrons. The Morgan fingerprint density at radius 2 is 1.81 bits per heavy atom. The number of piperidine rings is 2. The first kappa shape index (κ1) is 25.9. The molecule has 0 aromatic heterocycles. The number of primary amides is 1. The highest BCUT2D eigenvalue weighted by molar-refractivity contribution is 14.0. The number of nitrogens with one attached hydrogen (secondary N) is 1. The van der Waals surface area contributed by atoms with Gasteiger partial charge in [-0.15, -0.1) is 24.0 Å². The number of halogens is 1. The Morgan fingerprint density at radius 1 is 1.13 bits per heavy atom. The van der Waals surface area contributed by atoms with Gasteiger partial charge in [-0.3, -0.25) is 9.69 Å². The van der Waals surface area contributed by atoms with Crippen LogP contribution in [0.15, 0.2) is 29.3 Å². The fourth-order valence-corrected chi connectivity index (χ4v) is 4.53. The fraction of sp³-hybridized carbons (Fsp3) is 0.667. The van der Waals surface area contributed by atoms with Crippen molar-refractivity contribution >= 4 is 35.8 Å². The third kappa shape index (κ3) is 8.60. The van der Waals surface area contributed by atoms with Crippen molar-refractivity contribution in [1.29, 1.82) is 0 Å². The lowest BCUT2D eigenvalue weighted by molar-refractivity contribution is -0.119. The van der Waals surface area contributed by atoms with Crippen molar-refractivity contribution in [3.8, 4) is 0 Å². The van der Waals surface area contributed by atoms with E-state index in [-0.39, 0.29) is 29.9 Å². The van der Waals surface area contributed by atoms with Crippen molar-refractivity contribution in [1.82, 2.24) is 15.1 Å². The van der Waals surface area contributed by atoms with E-state index < -0.39 is 0 Å². The minimum atomic E-state index is -0.206. The summed E-state index contributed by atoms with van der Waals surface area (Å²) in [5, 5.41) is 3.42. The molecule has 2 heterocycles. The van der Waals surface area contributed by atoms with Crippen LogP contribution in [0, 0.1) is 11.8 Å². The van der Waals surface area contributed by atoms with E-state index in [9.17, 15) is 4.79 Å². The van der Waals surface area contributed by atoms with Gasteiger partial charge in [0.1, 0.15) is 0 Å². The molecular weight excluding hydrogens is 501 g/mol. The Morgan fingerprint density at radius 3 is 2.45 bits per heavy atom. The summed E-state index contributed by atoms with van der Waals surface area (Å²) in [6, 6.07) is 8.92. The van der Waals surface area contributed by atoms with Crippen molar-refractivity contribution in [3.63, 3.8) is 0 Å². The third-order valence-electron chi connectivity index (χ3n) is 6.36. The first-order chi connectivity index (χ1) is 14.5. The van der Waals surface area contributed by atoms with E-state index in [0.717, 1.165) is 50.9 Å². The largest absolute Gasteiger partial charge is 0.370 e. The molecule has 2 fully saturated rings. The lowest BCUT2D eigenvalue weighted by Crippen LogP contribution is -2.47. The Bertz CT molecular complexity index is 700. The van der Waals surface area contributed by atoms with Gasteiger partial charge in [-0.25, -0.2) is 4.99 Å². The van der Waals surface area contributed by atoms with E-state index in [2.05, 4.69) is 53.2 Å². The highest BCUT2D eigenvalue weighted by atomic mass is 127. The van der Waals surface area contributed by atoms with Crippen molar-refractivity contribution in [3.05, 3.63) is 35.4 Å². The van der Waals surface area contributed by atoms with Crippen LogP contribution < -0.4 is 11.1 Å². The number of carbonyl (C=O) groups is 1. The minimum Gasteiger partial charge on any atom is -0.370 e. The number of rotatable bonds is 7. The van der Waals surface area contributed by atoms with E-state index >= 15 is 0 Å². The van der Waals surface area contributed by atoms with Crippen molar-refractivity contribution in [2.24, 2.45) is 22.6 Å². The van der Waals surface area contributed by atoms with Gasteiger partial charge < -0.3 is 16.0 Å². The molecule has 0 spiro atoms. The summed E-state index contributed by atoms with van der Waals surface area (Å²) in [6.45, 7) is 11.3. The predicted molar refractivity (Wildman–Crippen MR) is 138 cm³/mol. The Kier molecular flexibility index (Phi) is 11.1. The van der Waals surface area contributed by atoms with Gasteiger partial charge in [0.25, 0.3) is 0 Å². The molecule has 0 radical (unpaired) electrons. The molecule has 0 bridgehead atoms. The van der Waals surface area contributed by atoms with Gasteiger partial charge in [0, 0.05) is 32.6 Å². The molecule has 2 aliphatic heterocycles. The van der Waals surface area contributed by atoms with Gasteiger partial charge in [0.15, 0.2) is 5.96 Å².